The van der Waals surface area contributed by atoms with Crippen LogP contribution in [-0.2, 0) is 14.8 Å². The van der Waals surface area contributed by atoms with Crippen LogP contribution in [0.4, 0.5) is 5.69 Å². The van der Waals surface area contributed by atoms with Crippen molar-refractivity contribution in [2.45, 2.75) is 49.6 Å². The molecule has 2 fully saturated rings. The van der Waals surface area contributed by atoms with Gasteiger partial charge in [-0.25, -0.2) is 13.1 Å². The van der Waals surface area contributed by atoms with Crippen LogP contribution < -0.4 is 10.0 Å². The largest absolute Gasteiger partial charge is 0.340 e. The Hall–Kier alpha value is -3.23. The van der Waals surface area contributed by atoms with Crippen LogP contribution in [0, 0.1) is 6.92 Å². The highest BCUT2D eigenvalue weighted by Crippen LogP contribution is 2.32. The number of aryl methyl sites for hydroxylation is 1. The highest BCUT2D eigenvalue weighted by Gasteiger charge is 2.37. The van der Waals surface area contributed by atoms with Crippen LogP contribution in [-0.4, -0.2) is 43.8 Å². The second-order valence-corrected chi connectivity index (χ2v) is 10.7. The van der Waals surface area contributed by atoms with E-state index in [1.807, 2.05) is 42.2 Å². The summed E-state index contributed by atoms with van der Waals surface area (Å²) in [6.45, 7) is 2.46. The Morgan fingerprint density at radius 3 is 2.50 bits per heavy atom. The van der Waals surface area contributed by atoms with Gasteiger partial charge in [-0.15, -0.1) is 0 Å². The van der Waals surface area contributed by atoms with Gasteiger partial charge in [0.25, 0.3) is 5.91 Å². The van der Waals surface area contributed by atoms with Crippen LogP contribution in [0.25, 0.3) is 10.8 Å². The number of benzene rings is 3. The fraction of sp³-hybridized carbons (Fsp3) is 0.308. The SMILES string of the molecule is Cc1ccccc1C(=O)Nc1ccc(S(=O)(=O)N[C@@H]2CCN3C(=O)CCC3C2)c2ccccc12. The van der Waals surface area contributed by atoms with Gasteiger partial charge in [-0.2, -0.15) is 0 Å². The first-order valence-electron chi connectivity index (χ1n) is 11.5. The molecule has 176 valence electrons. The smallest absolute Gasteiger partial charge is 0.255 e. The molecule has 2 N–H and O–H groups in total. The molecular weight excluding hydrogens is 450 g/mol. The van der Waals surface area contributed by atoms with Crippen LogP contribution in [0.15, 0.2) is 65.6 Å². The zero-order valence-corrected chi connectivity index (χ0v) is 19.8. The molecule has 34 heavy (non-hydrogen) atoms. The molecule has 2 saturated heterocycles. The van der Waals surface area contributed by atoms with Gasteiger partial charge in [0.2, 0.25) is 15.9 Å². The molecule has 0 bridgehead atoms. The van der Waals surface area contributed by atoms with Gasteiger partial charge in [0.15, 0.2) is 0 Å². The molecule has 3 aromatic carbocycles. The van der Waals surface area contributed by atoms with E-state index in [1.165, 1.54) is 0 Å². The summed E-state index contributed by atoms with van der Waals surface area (Å²) in [5, 5.41) is 4.14. The van der Waals surface area contributed by atoms with Crippen LogP contribution in [0.3, 0.4) is 0 Å². The number of hydrogen-bond donors (Lipinski definition) is 2. The van der Waals surface area contributed by atoms with Crippen molar-refractivity contribution in [2.75, 3.05) is 11.9 Å². The van der Waals surface area contributed by atoms with E-state index in [0.29, 0.717) is 47.8 Å². The number of fused-ring (bicyclic) bond motifs is 2. The zero-order chi connectivity index (χ0) is 23.9. The van der Waals surface area contributed by atoms with E-state index in [9.17, 15) is 18.0 Å². The van der Waals surface area contributed by atoms with Gasteiger partial charge in [-0.3, -0.25) is 9.59 Å². The molecule has 0 saturated carbocycles. The third kappa shape index (κ3) is 4.19. The lowest BCUT2D eigenvalue weighted by atomic mass is 9.99. The quantitative estimate of drug-likeness (QED) is 0.584. The molecular formula is C26H27N3O4S. The zero-order valence-electron chi connectivity index (χ0n) is 19.0. The topological polar surface area (TPSA) is 95.6 Å². The van der Waals surface area contributed by atoms with E-state index in [0.717, 1.165) is 12.0 Å². The van der Waals surface area contributed by atoms with Crippen molar-refractivity contribution in [1.29, 1.82) is 0 Å². The van der Waals surface area contributed by atoms with E-state index in [1.54, 1.807) is 30.3 Å². The Morgan fingerprint density at radius 2 is 1.71 bits per heavy atom. The molecule has 2 aliphatic rings. The second-order valence-electron chi connectivity index (χ2n) is 9.05. The number of rotatable bonds is 5. The van der Waals surface area contributed by atoms with Crippen LogP contribution in [0.5, 0.6) is 0 Å². The lowest BCUT2D eigenvalue weighted by Gasteiger charge is -2.35. The average molecular weight is 478 g/mol. The molecule has 0 spiro atoms. The highest BCUT2D eigenvalue weighted by molar-refractivity contribution is 7.89. The van der Waals surface area contributed by atoms with Crippen LogP contribution in [0.2, 0.25) is 0 Å². The first kappa shape index (κ1) is 22.6. The molecule has 0 radical (unpaired) electrons. The standard InChI is InChI=1S/C26H27N3O4S/c1-17-6-2-3-7-20(17)26(31)27-23-11-12-24(22-9-5-4-8-21(22)23)34(32,33)28-18-14-15-29-19(16-18)10-13-25(29)30/h2-9,11-12,18-19,28H,10,13-16H2,1H3,(H,27,31)/t18-,19?/m1/s1. The van der Waals surface area contributed by atoms with Gasteiger partial charge in [0.1, 0.15) is 0 Å². The van der Waals surface area contributed by atoms with Crippen molar-refractivity contribution in [2.24, 2.45) is 0 Å². The van der Waals surface area contributed by atoms with Gasteiger partial charge >= 0.3 is 0 Å². The van der Waals surface area contributed by atoms with Crippen molar-refractivity contribution in [1.82, 2.24) is 9.62 Å². The van der Waals surface area contributed by atoms with Crippen molar-refractivity contribution in [3.63, 3.8) is 0 Å². The molecule has 7 nitrogen and oxygen atoms in total. The summed E-state index contributed by atoms with van der Waals surface area (Å²) < 4.78 is 29.7. The Bertz CT molecular complexity index is 1390. The molecule has 8 heteroatoms. The normalized spacial score (nSPS) is 20.4. The first-order chi connectivity index (χ1) is 16.3. The molecule has 0 aliphatic carbocycles. The predicted molar refractivity (Wildman–Crippen MR) is 131 cm³/mol. The summed E-state index contributed by atoms with van der Waals surface area (Å²) in [7, 11) is -3.80. The van der Waals surface area contributed by atoms with Gasteiger partial charge in [0, 0.05) is 47.1 Å². The van der Waals surface area contributed by atoms with Crippen molar-refractivity contribution in [3.8, 4) is 0 Å². The average Bonchev–Trinajstić information content (AvgIpc) is 3.19. The molecule has 2 aliphatic heterocycles. The highest BCUT2D eigenvalue weighted by atomic mass is 32.2. The summed E-state index contributed by atoms with van der Waals surface area (Å²) in [6, 6.07) is 17.6. The number of sulfonamides is 1. The molecule has 3 aromatic rings. The number of nitrogens with zero attached hydrogens (tertiary/aromatic N) is 1. The van der Waals surface area contributed by atoms with Crippen molar-refractivity contribution in [3.05, 3.63) is 71.8 Å². The molecule has 2 atom stereocenters. The second kappa shape index (κ2) is 8.85. The van der Waals surface area contributed by atoms with Gasteiger partial charge in [-0.05, 0) is 49.9 Å². The maximum Gasteiger partial charge on any atom is 0.255 e. The lowest BCUT2D eigenvalue weighted by molar-refractivity contribution is -0.129. The van der Waals surface area contributed by atoms with Gasteiger partial charge < -0.3 is 10.2 Å². The minimum atomic E-state index is -3.80. The van der Waals surface area contributed by atoms with Crippen molar-refractivity contribution >= 4 is 38.3 Å². The molecule has 0 aromatic heterocycles. The Morgan fingerprint density at radius 1 is 0.971 bits per heavy atom. The number of anilines is 1. The molecule has 2 heterocycles. The first-order valence-corrected chi connectivity index (χ1v) is 13.0. The lowest BCUT2D eigenvalue weighted by Crippen LogP contribution is -2.48. The monoisotopic (exact) mass is 477 g/mol. The Labute approximate surface area is 199 Å². The minimum Gasteiger partial charge on any atom is -0.340 e. The number of hydrogen-bond acceptors (Lipinski definition) is 4. The van der Waals surface area contributed by atoms with E-state index >= 15 is 0 Å². The maximum absolute atomic E-state index is 13.4. The summed E-state index contributed by atoms with van der Waals surface area (Å²) in [5.41, 5.74) is 1.99. The number of amides is 2. The number of carbonyl (C=O) groups excluding carboxylic acids is 2. The van der Waals surface area contributed by atoms with E-state index in [2.05, 4.69) is 10.0 Å². The fourth-order valence-electron chi connectivity index (χ4n) is 5.11. The summed E-state index contributed by atoms with van der Waals surface area (Å²) >= 11 is 0. The van der Waals surface area contributed by atoms with E-state index in [4.69, 9.17) is 0 Å². The minimum absolute atomic E-state index is 0.115. The van der Waals surface area contributed by atoms with Crippen LogP contribution in [0.1, 0.15) is 41.6 Å². The summed E-state index contributed by atoms with van der Waals surface area (Å²) in [4.78, 5) is 26.9. The molecule has 5 rings (SSSR count). The van der Waals surface area contributed by atoms with Gasteiger partial charge in [0.05, 0.1) is 4.90 Å². The van der Waals surface area contributed by atoms with Crippen molar-refractivity contribution < 1.29 is 18.0 Å². The third-order valence-electron chi connectivity index (χ3n) is 6.86. The van der Waals surface area contributed by atoms with E-state index < -0.39 is 10.0 Å². The number of piperidine rings is 1. The Balaban J connectivity index is 1.41. The number of nitrogens with one attached hydrogen (secondary N) is 2. The molecule has 1 unspecified atom stereocenters. The molecule has 2 amide bonds. The third-order valence-corrected chi connectivity index (χ3v) is 8.44. The van der Waals surface area contributed by atoms with E-state index in [-0.39, 0.29) is 28.8 Å². The summed E-state index contributed by atoms with van der Waals surface area (Å²) in [6.07, 6.45) is 2.57. The number of carbonyl (C=O) groups is 2. The maximum atomic E-state index is 13.4. The summed E-state index contributed by atoms with van der Waals surface area (Å²) in [5.74, 6) is -0.0736. The van der Waals surface area contributed by atoms with Gasteiger partial charge in [-0.1, -0.05) is 42.5 Å². The fourth-order valence-corrected chi connectivity index (χ4v) is 6.60. The Kier molecular flexibility index (Phi) is 5.87. The predicted octanol–water partition coefficient (Wildman–Crippen LogP) is 3.83. The van der Waals surface area contributed by atoms with Crippen LogP contribution >= 0.6 is 0 Å².